The van der Waals surface area contributed by atoms with Gasteiger partial charge in [0.1, 0.15) is 0 Å². The molecule has 112 valence electrons. The second kappa shape index (κ2) is 8.88. The molecule has 0 aliphatic carbocycles. The summed E-state index contributed by atoms with van der Waals surface area (Å²) in [5.74, 6) is 0.129. The summed E-state index contributed by atoms with van der Waals surface area (Å²) in [6.45, 7) is 7.77. The molecule has 1 aromatic carbocycles. The molecule has 0 aliphatic heterocycles. The molecule has 1 rings (SSSR count). The van der Waals surface area contributed by atoms with E-state index in [1.54, 1.807) is 0 Å². The predicted octanol–water partition coefficient (Wildman–Crippen LogP) is 2.99. The van der Waals surface area contributed by atoms with Crippen LogP contribution in [0.2, 0.25) is 0 Å². The minimum atomic E-state index is -0.0513. The Morgan fingerprint density at radius 2 is 1.80 bits per heavy atom. The van der Waals surface area contributed by atoms with Gasteiger partial charge in [0.05, 0.1) is 6.61 Å². The molecule has 0 fully saturated rings. The van der Waals surface area contributed by atoms with Gasteiger partial charge in [0.15, 0.2) is 5.78 Å². The van der Waals surface area contributed by atoms with Crippen molar-refractivity contribution in [3.63, 3.8) is 0 Å². The van der Waals surface area contributed by atoms with Crippen LogP contribution < -0.4 is 0 Å². The van der Waals surface area contributed by atoms with Crippen molar-refractivity contribution in [1.29, 1.82) is 0 Å². The van der Waals surface area contributed by atoms with Crippen LogP contribution in [0.3, 0.4) is 0 Å². The number of carbonyl (C=O) groups is 1. The van der Waals surface area contributed by atoms with Crippen LogP contribution in [-0.2, 0) is 0 Å². The summed E-state index contributed by atoms with van der Waals surface area (Å²) in [6, 6.07) is 9.88. The Kier molecular flexibility index (Phi) is 7.48. The van der Waals surface area contributed by atoms with Crippen molar-refractivity contribution in [2.24, 2.45) is 5.92 Å². The summed E-state index contributed by atoms with van der Waals surface area (Å²) < 4.78 is 0. The SMILES string of the molecule is CCC(CC)N(CCO)CC(C)C(=O)c1ccccc1. The van der Waals surface area contributed by atoms with Crippen molar-refractivity contribution < 1.29 is 9.90 Å². The first kappa shape index (κ1) is 16.9. The van der Waals surface area contributed by atoms with E-state index in [1.165, 1.54) is 0 Å². The zero-order chi connectivity index (χ0) is 15.0. The van der Waals surface area contributed by atoms with Crippen molar-refractivity contribution in [2.45, 2.75) is 39.7 Å². The Balaban J connectivity index is 2.70. The average Bonchev–Trinajstić information content (AvgIpc) is 2.48. The molecule has 0 aliphatic rings. The number of Topliss-reactive ketones (excluding diaryl/α,β-unsaturated/α-hetero) is 1. The molecule has 0 saturated heterocycles. The maximum Gasteiger partial charge on any atom is 0.166 e. The molecule has 1 aromatic rings. The molecule has 3 heteroatoms. The van der Waals surface area contributed by atoms with Crippen LogP contribution >= 0.6 is 0 Å². The summed E-state index contributed by atoms with van der Waals surface area (Å²) in [7, 11) is 0. The van der Waals surface area contributed by atoms with Gasteiger partial charge in [-0.1, -0.05) is 51.1 Å². The maximum atomic E-state index is 12.4. The molecule has 20 heavy (non-hydrogen) atoms. The minimum Gasteiger partial charge on any atom is -0.395 e. The van der Waals surface area contributed by atoms with E-state index in [9.17, 15) is 9.90 Å². The fourth-order valence-corrected chi connectivity index (χ4v) is 2.68. The fourth-order valence-electron chi connectivity index (χ4n) is 2.68. The van der Waals surface area contributed by atoms with Gasteiger partial charge in [-0.2, -0.15) is 0 Å². The molecular formula is C17H27NO2. The third-order valence-corrected chi connectivity index (χ3v) is 3.86. The van der Waals surface area contributed by atoms with Crippen molar-refractivity contribution in [2.75, 3.05) is 19.7 Å². The lowest BCUT2D eigenvalue weighted by atomic mass is 9.97. The highest BCUT2D eigenvalue weighted by atomic mass is 16.3. The van der Waals surface area contributed by atoms with Crippen molar-refractivity contribution >= 4 is 5.78 Å². The van der Waals surface area contributed by atoms with E-state index in [0.29, 0.717) is 19.1 Å². The predicted molar refractivity (Wildman–Crippen MR) is 83.0 cm³/mol. The number of nitrogens with zero attached hydrogens (tertiary/aromatic N) is 1. The smallest absolute Gasteiger partial charge is 0.166 e. The number of rotatable bonds is 9. The third-order valence-electron chi connectivity index (χ3n) is 3.86. The highest BCUT2D eigenvalue weighted by molar-refractivity contribution is 5.97. The zero-order valence-corrected chi connectivity index (χ0v) is 12.9. The van der Waals surface area contributed by atoms with E-state index < -0.39 is 0 Å². The van der Waals surface area contributed by atoms with E-state index in [1.807, 2.05) is 37.3 Å². The van der Waals surface area contributed by atoms with Crippen molar-refractivity contribution in [3.05, 3.63) is 35.9 Å². The number of aliphatic hydroxyl groups is 1. The second-order valence-corrected chi connectivity index (χ2v) is 5.32. The van der Waals surface area contributed by atoms with Crippen LogP contribution in [-0.4, -0.2) is 41.5 Å². The van der Waals surface area contributed by atoms with Gasteiger partial charge in [0.2, 0.25) is 0 Å². The second-order valence-electron chi connectivity index (χ2n) is 5.32. The topological polar surface area (TPSA) is 40.5 Å². The molecule has 0 amide bonds. The van der Waals surface area contributed by atoms with E-state index in [-0.39, 0.29) is 18.3 Å². The lowest BCUT2D eigenvalue weighted by Crippen LogP contribution is -2.41. The normalized spacial score (nSPS) is 12.9. The van der Waals surface area contributed by atoms with Crippen LogP contribution in [0.4, 0.5) is 0 Å². The first-order valence-electron chi connectivity index (χ1n) is 7.58. The fraction of sp³-hybridized carbons (Fsp3) is 0.588. The summed E-state index contributed by atoms with van der Waals surface area (Å²) in [5, 5.41) is 9.22. The number of ketones is 1. The average molecular weight is 277 g/mol. The first-order chi connectivity index (χ1) is 9.63. The Morgan fingerprint density at radius 1 is 1.20 bits per heavy atom. The lowest BCUT2D eigenvalue weighted by Gasteiger charge is -2.31. The molecular weight excluding hydrogens is 250 g/mol. The van der Waals surface area contributed by atoms with Crippen LogP contribution in [0.25, 0.3) is 0 Å². The van der Waals surface area contributed by atoms with Crippen LogP contribution in [0, 0.1) is 5.92 Å². The Morgan fingerprint density at radius 3 is 2.30 bits per heavy atom. The molecule has 0 radical (unpaired) electrons. The number of aliphatic hydroxyl groups excluding tert-OH is 1. The van der Waals surface area contributed by atoms with Gasteiger partial charge in [-0.25, -0.2) is 0 Å². The summed E-state index contributed by atoms with van der Waals surface area (Å²) in [4.78, 5) is 14.6. The zero-order valence-electron chi connectivity index (χ0n) is 12.9. The van der Waals surface area contributed by atoms with E-state index >= 15 is 0 Å². The number of hydrogen-bond donors (Lipinski definition) is 1. The van der Waals surface area contributed by atoms with Crippen LogP contribution in [0.5, 0.6) is 0 Å². The van der Waals surface area contributed by atoms with Crippen LogP contribution in [0.1, 0.15) is 44.0 Å². The van der Waals surface area contributed by atoms with Crippen molar-refractivity contribution in [3.8, 4) is 0 Å². The highest BCUT2D eigenvalue weighted by Gasteiger charge is 2.21. The Hall–Kier alpha value is -1.19. The summed E-state index contributed by atoms with van der Waals surface area (Å²) in [6.07, 6.45) is 2.09. The van der Waals surface area contributed by atoms with Gasteiger partial charge < -0.3 is 5.11 Å². The highest BCUT2D eigenvalue weighted by Crippen LogP contribution is 2.15. The monoisotopic (exact) mass is 277 g/mol. The van der Waals surface area contributed by atoms with Gasteiger partial charge >= 0.3 is 0 Å². The molecule has 0 heterocycles. The number of carbonyl (C=O) groups excluding carboxylic acids is 1. The molecule has 3 nitrogen and oxygen atoms in total. The third kappa shape index (κ3) is 4.73. The van der Waals surface area contributed by atoms with E-state index in [2.05, 4.69) is 18.7 Å². The molecule has 0 aromatic heterocycles. The Labute approximate surface area is 122 Å². The lowest BCUT2D eigenvalue weighted by molar-refractivity contribution is 0.0829. The van der Waals surface area contributed by atoms with Gasteiger partial charge in [-0.05, 0) is 12.8 Å². The molecule has 0 saturated carbocycles. The molecule has 0 bridgehead atoms. The molecule has 0 spiro atoms. The minimum absolute atomic E-state index is 0.0513. The van der Waals surface area contributed by atoms with Gasteiger partial charge in [0.25, 0.3) is 0 Å². The standard InChI is InChI=1S/C17H27NO2/c1-4-16(5-2)18(11-12-19)13-14(3)17(20)15-9-7-6-8-10-15/h6-10,14,16,19H,4-5,11-13H2,1-3H3. The molecule has 1 atom stereocenters. The van der Waals surface area contributed by atoms with Gasteiger partial charge in [-0.15, -0.1) is 0 Å². The quantitative estimate of drug-likeness (QED) is 0.705. The summed E-state index contributed by atoms with van der Waals surface area (Å²) in [5.41, 5.74) is 0.772. The number of benzene rings is 1. The van der Waals surface area contributed by atoms with E-state index in [4.69, 9.17) is 0 Å². The largest absolute Gasteiger partial charge is 0.395 e. The maximum absolute atomic E-state index is 12.4. The number of hydrogen-bond acceptors (Lipinski definition) is 3. The van der Waals surface area contributed by atoms with Gasteiger partial charge in [-0.3, -0.25) is 9.69 Å². The first-order valence-corrected chi connectivity index (χ1v) is 7.58. The molecule has 1 N–H and O–H groups in total. The van der Waals surface area contributed by atoms with Gasteiger partial charge in [0, 0.05) is 30.6 Å². The van der Waals surface area contributed by atoms with Crippen molar-refractivity contribution in [1.82, 2.24) is 4.90 Å². The molecule has 1 unspecified atom stereocenters. The van der Waals surface area contributed by atoms with E-state index in [0.717, 1.165) is 18.4 Å². The summed E-state index contributed by atoms with van der Waals surface area (Å²) >= 11 is 0. The Bertz CT molecular complexity index is 387. The van der Waals surface area contributed by atoms with Crippen LogP contribution in [0.15, 0.2) is 30.3 Å².